The van der Waals surface area contributed by atoms with Gasteiger partial charge in [0.1, 0.15) is 0 Å². The summed E-state index contributed by atoms with van der Waals surface area (Å²) >= 11 is 0. The normalized spacial score (nSPS) is 12.5. The van der Waals surface area contributed by atoms with E-state index in [4.69, 9.17) is 0 Å². The van der Waals surface area contributed by atoms with E-state index in [0.717, 1.165) is 13.0 Å². The summed E-state index contributed by atoms with van der Waals surface area (Å²) in [4.78, 5) is 2.22. The number of rotatable bonds is 5. The predicted octanol–water partition coefficient (Wildman–Crippen LogP) is 2.42. The number of para-hydroxylation sites is 1. The van der Waals surface area contributed by atoms with Crippen LogP contribution in [0.2, 0.25) is 0 Å². The molecule has 0 radical (unpaired) electrons. The first-order valence-electron chi connectivity index (χ1n) is 6.81. The van der Waals surface area contributed by atoms with E-state index in [2.05, 4.69) is 67.9 Å². The number of aliphatic hydroxyl groups excluding tert-OH is 1. The lowest BCUT2D eigenvalue weighted by Crippen LogP contribution is -2.45. The van der Waals surface area contributed by atoms with Gasteiger partial charge >= 0.3 is 0 Å². The van der Waals surface area contributed by atoms with Crippen LogP contribution in [-0.4, -0.2) is 40.3 Å². The van der Waals surface area contributed by atoms with Gasteiger partial charge in [0.15, 0.2) is 0 Å². The molecule has 0 fully saturated rings. The molecule has 0 bridgehead atoms. The zero-order chi connectivity index (χ0) is 14.0. The number of hydrogen-bond donors (Lipinski definition) is 1. The monoisotopic (exact) mass is 260 g/mol. The number of likely N-dealkylation sites (N-methyl/N-ethyl adjacent to an activating group) is 1. The van der Waals surface area contributed by atoms with Gasteiger partial charge in [0.2, 0.25) is 0 Å². The molecule has 0 saturated carbocycles. The molecule has 0 atom stereocenters. The maximum absolute atomic E-state index is 9.39. The van der Waals surface area contributed by atoms with Gasteiger partial charge in [-0.1, -0.05) is 18.2 Å². The van der Waals surface area contributed by atoms with E-state index in [0.29, 0.717) is 0 Å². The minimum absolute atomic E-state index is 0.162. The highest BCUT2D eigenvalue weighted by atomic mass is 16.3. The molecule has 0 amide bonds. The van der Waals surface area contributed by atoms with Crippen LogP contribution in [0.3, 0.4) is 0 Å². The molecule has 0 aliphatic heterocycles. The molecule has 0 aliphatic rings. The van der Waals surface area contributed by atoms with Crippen molar-refractivity contribution in [3.05, 3.63) is 36.0 Å². The van der Waals surface area contributed by atoms with Crippen molar-refractivity contribution in [3.63, 3.8) is 0 Å². The number of hydrogen-bond acceptors (Lipinski definition) is 2. The fraction of sp³-hybridized carbons (Fsp3) is 0.500. The van der Waals surface area contributed by atoms with Gasteiger partial charge in [-0.15, -0.1) is 0 Å². The van der Waals surface area contributed by atoms with Crippen molar-refractivity contribution in [2.45, 2.75) is 25.8 Å². The van der Waals surface area contributed by atoms with Crippen LogP contribution in [0.5, 0.6) is 0 Å². The number of aryl methyl sites for hydroxylation is 1. The average molecular weight is 260 g/mol. The SMILES string of the molecule is CN(CCc1cn(C)c2ccccc12)C(C)(C)CO. The Morgan fingerprint density at radius 1 is 1.26 bits per heavy atom. The van der Waals surface area contributed by atoms with Crippen molar-refractivity contribution < 1.29 is 5.11 Å². The third kappa shape index (κ3) is 2.82. The van der Waals surface area contributed by atoms with Gasteiger partial charge in [-0.3, -0.25) is 4.90 Å². The van der Waals surface area contributed by atoms with Crippen molar-refractivity contribution in [1.29, 1.82) is 0 Å². The summed E-state index contributed by atoms with van der Waals surface area (Å²) in [6.07, 6.45) is 3.21. The van der Waals surface area contributed by atoms with E-state index in [1.807, 2.05) is 0 Å². The Labute approximate surface area is 115 Å². The number of nitrogens with zero attached hydrogens (tertiary/aromatic N) is 2. The predicted molar refractivity (Wildman–Crippen MR) is 80.4 cm³/mol. The Balaban J connectivity index is 2.15. The summed E-state index contributed by atoms with van der Waals surface area (Å²) in [5.41, 5.74) is 2.49. The van der Waals surface area contributed by atoms with Crippen LogP contribution in [0.4, 0.5) is 0 Å². The van der Waals surface area contributed by atoms with E-state index >= 15 is 0 Å². The maximum atomic E-state index is 9.39. The summed E-state index contributed by atoms with van der Waals surface area (Å²) in [7, 11) is 4.16. The fourth-order valence-electron chi connectivity index (χ4n) is 2.34. The molecule has 1 aromatic carbocycles. The van der Waals surface area contributed by atoms with Gasteiger partial charge in [0.05, 0.1) is 6.61 Å². The van der Waals surface area contributed by atoms with Crippen LogP contribution in [-0.2, 0) is 13.5 Å². The lowest BCUT2D eigenvalue weighted by molar-refractivity contribution is 0.0801. The number of fused-ring (bicyclic) bond motifs is 1. The highest BCUT2D eigenvalue weighted by molar-refractivity contribution is 5.83. The summed E-state index contributed by atoms with van der Waals surface area (Å²) in [6, 6.07) is 8.50. The second kappa shape index (κ2) is 5.35. The van der Waals surface area contributed by atoms with Crippen LogP contribution in [0.25, 0.3) is 10.9 Å². The standard InChI is InChI=1S/C16H24N2O/c1-16(2,12-19)18(4)10-9-13-11-17(3)15-8-6-5-7-14(13)15/h5-8,11,19H,9-10,12H2,1-4H3. The Kier molecular flexibility index (Phi) is 3.97. The van der Waals surface area contributed by atoms with E-state index < -0.39 is 0 Å². The number of aromatic nitrogens is 1. The second-order valence-corrected chi connectivity index (χ2v) is 5.92. The van der Waals surface area contributed by atoms with E-state index in [-0.39, 0.29) is 12.1 Å². The lowest BCUT2D eigenvalue weighted by Gasteiger charge is -2.33. The Bertz CT molecular complexity index is 557. The van der Waals surface area contributed by atoms with E-state index in [1.54, 1.807) is 0 Å². The highest BCUT2D eigenvalue weighted by Crippen LogP contribution is 2.21. The number of aliphatic hydroxyl groups is 1. The van der Waals surface area contributed by atoms with Crippen LogP contribution in [0, 0.1) is 0 Å². The molecular weight excluding hydrogens is 236 g/mol. The summed E-state index contributed by atoms with van der Waals surface area (Å²) < 4.78 is 2.18. The summed E-state index contributed by atoms with van der Waals surface area (Å²) in [6.45, 7) is 5.26. The Morgan fingerprint density at radius 3 is 2.63 bits per heavy atom. The molecule has 3 nitrogen and oxygen atoms in total. The van der Waals surface area contributed by atoms with Gasteiger partial charge in [0.25, 0.3) is 0 Å². The molecule has 3 heteroatoms. The number of benzene rings is 1. The second-order valence-electron chi connectivity index (χ2n) is 5.92. The third-order valence-corrected chi connectivity index (χ3v) is 4.12. The molecule has 1 N–H and O–H groups in total. The average Bonchev–Trinajstić information content (AvgIpc) is 2.73. The van der Waals surface area contributed by atoms with Crippen LogP contribution in [0.15, 0.2) is 30.5 Å². The molecule has 2 rings (SSSR count). The smallest absolute Gasteiger partial charge is 0.0609 e. The Hall–Kier alpha value is -1.32. The molecule has 19 heavy (non-hydrogen) atoms. The molecular formula is C16H24N2O. The molecule has 0 aliphatic carbocycles. The lowest BCUT2D eigenvalue weighted by atomic mass is 10.0. The molecule has 0 saturated heterocycles. The van der Waals surface area contributed by atoms with Crippen molar-refractivity contribution >= 4 is 10.9 Å². The van der Waals surface area contributed by atoms with Crippen LogP contribution < -0.4 is 0 Å². The third-order valence-electron chi connectivity index (χ3n) is 4.12. The van der Waals surface area contributed by atoms with Crippen LogP contribution in [0.1, 0.15) is 19.4 Å². The van der Waals surface area contributed by atoms with Gasteiger partial charge in [-0.05, 0) is 38.9 Å². The maximum Gasteiger partial charge on any atom is 0.0609 e. The van der Waals surface area contributed by atoms with Gasteiger partial charge in [0, 0.05) is 36.2 Å². The summed E-state index contributed by atoms with van der Waals surface area (Å²) in [5.74, 6) is 0. The molecule has 104 valence electrons. The van der Waals surface area contributed by atoms with Crippen LogP contribution >= 0.6 is 0 Å². The molecule has 0 spiro atoms. The molecule has 1 aromatic heterocycles. The van der Waals surface area contributed by atoms with Crippen molar-refractivity contribution in [2.24, 2.45) is 7.05 Å². The van der Waals surface area contributed by atoms with Gasteiger partial charge in [-0.2, -0.15) is 0 Å². The largest absolute Gasteiger partial charge is 0.394 e. The minimum atomic E-state index is -0.162. The molecule has 2 aromatic rings. The minimum Gasteiger partial charge on any atom is -0.394 e. The first-order chi connectivity index (χ1) is 8.95. The topological polar surface area (TPSA) is 28.4 Å². The zero-order valence-corrected chi connectivity index (χ0v) is 12.3. The van der Waals surface area contributed by atoms with Gasteiger partial charge < -0.3 is 9.67 Å². The zero-order valence-electron chi connectivity index (χ0n) is 12.3. The summed E-state index contributed by atoms with van der Waals surface area (Å²) in [5, 5.41) is 10.7. The highest BCUT2D eigenvalue weighted by Gasteiger charge is 2.22. The van der Waals surface area contributed by atoms with Crippen molar-refractivity contribution in [3.8, 4) is 0 Å². The van der Waals surface area contributed by atoms with Crippen molar-refractivity contribution in [2.75, 3.05) is 20.2 Å². The Morgan fingerprint density at radius 2 is 1.95 bits per heavy atom. The van der Waals surface area contributed by atoms with Gasteiger partial charge in [-0.25, -0.2) is 0 Å². The molecule has 0 unspecified atom stereocenters. The fourth-order valence-corrected chi connectivity index (χ4v) is 2.34. The van der Waals surface area contributed by atoms with E-state index in [9.17, 15) is 5.11 Å². The molecule has 1 heterocycles. The first-order valence-corrected chi connectivity index (χ1v) is 6.81. The quantitative estimate of drug-likeness (QED) is 0.894. The first kappa shape index (κ1) is 14.1. The van der Waals surface area contributed by atoms with E-state index in [1.165, 1.54) is 16.5 Å². The van der Waals surface area contributed by atoms with Crippen molar-refractivity contribution in [1.82, 2.24) is 9.47 Å².